The standard InChI is InChI=1S/C25H26N2O4/c28-24(17-31-22-14-8-19(9-15-22)18-5-2-1-3-6-18)26-20-10-12-21(13-11-20)27-25(29)23-7-4-16-30-23/h4,7-16,18H,1-3,5-6,17H2,(H,26,28)(H,27,29). The van der Waals surface area contributed by atoms with Crippen LogP contribution in [0.2, 0.25) is 0 Å². The second-order valence-electron chi connectivity index (χ2n) is 7.75. The zero-order valence-electron chi connectivity index (χ0n) is 17.3. The van der Waals surface area contributed by atoms with E-state index >= 15 is 0 Å². The lowest BCUT2D eigenvalue weighted by atomic mass is 9.84. The molecule has 160 valence electrons. The Morgan fingerprint density at radius 1 is 0.871 bits per heavy atom. The quantitative estimate of drug-likeness (QED) is 0.524. The summed E-state index contributed by atoms with van der Waals surface area (Å²) in [6.07, 6.45) is 7.92. The van der Waals surface area contributed by atoms with Gasteiger partial charge >= 0.3 is 0 Å². The van der Waals surface area contributed by atoms with Crippen molar-refractivity contribution >= 4 is 23.2 Å². The van der Waals surface area contributed by atoms with E-state index < -0.39 is 0 Å². The lowest BCUT2D eigenvalue weighted by Crippen LogP contribution is -2.20. The second kappa shape index (κ2) is 9.98. The van der Waals surface area contributed by atoms with Crippen molar-refractivity contribution in [1.82, 2.24) is 0 Å². The summed E-state index contributed by atoms with van der Waals surface area (Å²) in [6, 6.07) is 18.2. The van der Waals surface area contributed by atoms with E-state index in [0.29, 0.717) is 23.0 Å². The molecule has 0 saturated heterocycles. The zero-order chi connectivity index (χ0) is 21.5. The Morgan fingerprint density at radius 3 is 2.19 bits per heavy atom. The Kier molecular flexibility index (Phi) is 6.67. The van der Waals surface area contributed by atoms with E-state index in [9.17, 15) is 9.59 Å². The number of hydrogen-bond acceptors (Lipinski definition) is 4. The predicted octanol–water partition coefficient (Wildman–Crippen LogP) is 5.60. The summed E-state index contributed by atoms with van der Waals surface area (Å²) in [7, 11) is 0. The topological polar surface area (TPSA) is 80.6 Å². The smallest absolute Gasteiger partial charge is 0.291 e. The third-order valence-electron chi connectivity index (χ3n) is 5.50. The molecular weight excluding hydrogens is 392 g/mol. The van der Waals surface area contributed by atoms with Crippen LogP contribution in [0.1, 0.15) is 54.1 Å². The lowest BCUT2D eigenvalue weighted by molar-refractivity contribution is -0.118. The average Bonchev–Trinajstić information content (AvgIpc) is 3.35. The predicted molar refractivity (Wildman–Crippen MR) is 119 cm³/mol. The molecule has 0 aliphatic heterocycles. The van der Waals surface area contributed by atoms with Gasteiger partial charge in [0.1, 0.15) is 5.75 Å². The van der Waals surface area contributed by atoms with E-state index in [1.165, 1.54) is 43.9 Å². The molecule has 2 aromatic carbocycles. The van der Waals surface area contributed by atoms with E-state index in [1.54, 1.807) is 36.4 Å². The van der Waals surface area contributed by atoms with E-state index in [4.69, 9.17) is 9.15 Å². The van der Waals surface area contributed by atoms with Gasteiger partial charge in [0.15, 0.2) is 12.4 Å². The maximum Gasteiger partial charge on any atom is 0.291 e. The molecule has 3 aromatic rings. The van der Waals surface area contributed by atoms with Gasteiger partial charge in [-0.1, -0.05) is 31.4 Å². The zero-order valence-corrected chi connectivity index (χ0v) is 17.3. The molecule has 1 aliphatic rings. The molecule has 4 rings (SSSR count). The van der Waals surface area contributed by atoms with Crippen molar-refractivity contribution in [2.45, 2.75) is 38.0 Å². The first-order valence-corrected chi connectivity index (χ1v) is 10.6. The molecule has 0 unspecified atom stereocenters. The monoisotopic (exact) mass is 418 g/mol. The van der Waals surface area contributed by atoms with Gasteiger partial charge in [-0.3, -0.25) is 9.59 Å². The fourth-order valence-corrected chi connectivity index (χ4v) is 3.86. The molecule has 6 heteroatoms. The van der Waals surface area contributed by atoms with Gasteiger partial charge in [0.25, 0.3) is 11.8 Å². The van der Waals surface area contributed by atoms with E-state index in [-0.39, 0.29) is 24.2 Å². The highest BCUT2D eigenvalue weighted by molar-refractivity contribution is 6.02. The molecule has 2 N–H and O–H groups in total. The minimum absolute atomic E-state index is 0.0697. The molecule has 2 amide bonds. The van der Waals surface area contributed by atoms with Crippen LogP contribution in [0.5, 0.6) is 5.75 Å². The van der Waals surface area contributed by atoms with Crippen molar-refractivity contribution in [3.05, 3.63) is 78.3 Å². The summed E-state index contributed by atoms with van der Waals surface area (Å²) in [4.78, 5) is 24.2. The van der Waals surface area contributed by atoms with Crippen molar-refractivity contribution < 1.29 is 18.7 Å². The summed E-state index contributed by atoms with van der Waals surface area (Å²) in [5, 5.41) is 5.52. The van der Waals surface area contributed by atoms with E-state index in [1.807, 2.05) is 12.1 Å². The minimum atomic E-state index is -0.329. The molecule has 6 nitrogen and oxygen atoms in total. The molecule has 1 fully saturated rings. The summed E-state index contributed by atoms with van der Waals surface area (Å²) in [5.74, 6) is 0.998. The molecule has 0 spiro atoms. The number of amides is 2. The van der Waals surface area contributed by atoms with Crippen LogP contribution < -0.4 is 15.4 Å². The molecule has 1 heterocycles. The molecular formula is C25H26N2O4. The van der Waals surface area contributed by atoms with Crippen LogP contribution in [0.15, 0.2) is 71.3 Å². The second-order valence-corrected chi connectivity index (χ2v) is 7.75. The van der Waals surface area contributed by atoms with Crippen LogP contribution in [0.4, 0.5) is 11.4 Å². The SMILES string of the molecule is O=C(COc1ccc(C2CCCCC2)cc1)Nc1ccc(NC(=O)c2ccco2)cc1. The number of carbonyl (C=O) groups excluding carboxylic acids is 2. The molecule has 1 saturated carbocycles. The molecule has 31 heavy (non-hydrogen) atoms. The Hall–Kier alpha value is -3.54. The van der Waals surface area contributed by atoms with E-state index in [2.05, 4.69) is 22.8 Å². The number of rotatable bonds is 7. The highest BCUT2D eigenvalue weighted by Crippen LogP contribution is 2.33. The van der Waals surface area contributed by atoms with Crippen LogP contribution >= 0.6 is 0 Å². The molecule has 0 atom stereocenters. The fraction of sp³-hybridized carbons (Fsp3) is 0.280. The summed E-state index contributed by atoms with van der Waals surface area (Å²) < 4.78 is 10.7. The number of ether oxygens (including phenoxy) is 1. The number of hydrogen-bond donors (Lipinski definition) is 2. The van der Waals surface area contributed by atoms with Crippen molar-refractivity contribution in [3.8, 4) is 5.75 Å². The number of carbonyl (C=O) groups is 2. The first kappa shape index (κ1) is 20.7. The van der Waals surface area contributed by atoms with E-state index in [0.717, 1.165) is 0 Å². The van der Waals surface area contributed by atoms with Gasteiger partial charge in [-0.2, -0.15) is 0 Å². The largest absolute Gasteiger partial charge is 0.484 e. The van der Waals surface area contributed by atoms with Crippen LogP contribution in [0.25, 0.3) is 0 Å². The van der Waals surface area contributed by atoms with Gasteiger partial charge in [0.2, 0.25) is 0 Å². The number of furan rings is 1. The molecule has 1 aliphatic carbocycles. The Bertz CT molecular complexity index is 989. The highest BCUT2D eigenvalue weighted by Gasteiger charge is 2.15. The van der Waals surface area contributed by atoms with Gasteiger partial charge in [-0.25, -0.2) is 0 Å². The Balaban J connectivity index is 1.23. The van der Waals surface area contributed by atoms with Gasteiger partial charge in [0.05, 0.1) is 6.26 Å². The Morgan fingerprint density at radius 2 is 1.55 bits per heavy atom. The first-order chi connectivity index (χ1) is 15.2. The number of nitrogens with one attached hydrogen (secondary N) is 2. The maximum absolute atomic E-state index is 12.2. The maximum atomic E-state index is 12.2. The third kappa shape index (κ3) is 5.75. The van der Waals surface area contributed by atoms with Crippen LogP contribution in [0.3, 0.4) is 0 Å². The summed E-state index contributed by atoms with van der Waals surface area (Å²) in [5.41, 5.74) is 2.58. The molecule has 0 bridgehead atoms. The number of anilines is 2. The van der Waals surface area contributed by atoms with Crippen LogP contribution in [-0.4, -0.2) is 18.4 Å². The third-order valence-corrected chi connectivity index (χ3v) is 5.50. The van der Waals surface area contributed by atoms with Gasteiger partial charge in [-0.15, -0.1) is 0 Å². The van der Waals surface area contributed by atoms with Crippen LogP contribution in [0, 0.1) is 0 Å². The fourth-order valence-electron chi connectivity index (χ4n) is 3.86. The minimum Gasteiger partial charge on any atom is -0.484 e. The first-order valence-electron chi connectivity index (χ1n) is 10.6. The van der Waals surface area contributed by atoms with Crippen molar-refractivity contribution in [2.75, 3.05) is 17.2 Å². The summed E-state index contributed by atoms with van der Waals surface area (Å²) in [6.45, 7) is -0.0697. The van der Waals surface area contributed by atoms with Gasteiger partial charge in [-0.05, 0) is 72.9 Å². The van der Waals surface area contributed by atoms with Gasteiger partial charge < -0.3 is 19.8 Å². The van der Waals surface area contributed by atoms with Gasteiger partial charge in [0, 0.05) is 11.4 Å². The average molecular weight is 418 g/mol. The lowest BCUT2D eigenvalue weighted by Gasteiger charge is -2.22. The molecule has 0 radical (unpaired) electrons. The summed E-state index contributed by atoms with van der Waals surface area (Å²) >= 11 is 0. The number of benzene rings is 2. The molecule has 1 aromatic heterocycles. The van der Waals surface area contributed by atoms with Crippen LogP contribution in [-0.2, 0) is 4.79 Å². The highest BCUT2D eigenvalue weighted by atomic mass is 16.5. The normalized spacial score (nSPS) is 14.1. The Labute approximate surface area is 181 Å². The van der Waals surface area contributed by atoms with Crippen molar-refractivity contribution in [1.29, 1.82) is 0 Å². The van der Waals surface area contributed by atoms with Crippen molar-refractivity contribution in [3.63, 3.8) is 0 Å². The van der Waals surface area contributed by atoms with Crippen molar-refractivity contribution in [2.24, 2.45) is 0 Å².